The van der Waals surface area contributed by atoms with E-state index in [1.807, 2.05) is 0 Å². The smallest absolute Gasteiger partial charge is 0.308 e. The molecule has 1 atom stereocenters. The van der Waals surface area contributed by atoms with Crippen molar-refractivity contribution in [3.8, 4) is 0 Å². The zero-order valence-electron chi connectivity index (χ0n) is 10.1. The standard InChI is InChI=1S/C10H15N5O4/c11-10-13-7-6(8(17)14-10)12-4-15(7)2-1-5(3-16)9(18)19/h5,12,16H,1-4H2,(H,18,19)(H3,11,13,14,17). The highest BCUT2D eigenvalue weighted by Gasteiger charge is 2.25. The second-order valence-electron chi connectivity index (χ2n) is 4.25. The lowest BCUT2D eigenvalue weighted by molar-refractivity contribution is -0.143. The number of anilines is 3. The molecular weight excluding hydrogens is 254 g/mol. The van der Waals surface area contributed by atoms with Gasteiger partial charge in [-0.15, -0.1) is 0 Å². The minimum atomic E-state index is -1.05. The summed E-state index contributed by atoms with van der Waals surface area (Å²) in [7, 11) is 0. The summed E-state index contributed by atoms with van der Waals surface area (Å²) >= 11 is 0. The van der Waals surface area contributed by atoms with Crippen LogP contribution in [0.5, 0.6) is 0 Å². The molecule has 6 N–H and O–H groups in total. The number of nitrogens with two attached hydrogens (primary N) is 1. The second-order valence-corrected chi connectivity index (χ2v) is 4.25. The quantitative estimate of drug-likeness (QED) is 0.440. The van der Waals surface area contributed by atoms with E-state index in [0.717, 1.165) is 0 Å². The molecule has 0 aromatic carbocycles. The Balaban J connectivity index is 2.11. The largest absolute Gasteiger partial charge is 0.481 e. The number of aliphatic hydroxyl groups is 1. The Hall–Kier alpha value is -2.29. The first-order chi connectivity index (χ1) is 9.02. The number of nitrogens with one attached hydrogen (secondary N) is 2. The number of carboxylic acid groups (broad SMARTS) is 1. The number of aliphatic hydroxyl groups excluding tert-OH is 1. The van der Waals surface area contributed by atoms with Crippen LogP contribution < -0.4 is 21.5 Å². The number of aromatic nitrogens is 2. The van der Waals surface area contributed by atoms with Crippen LogP contribution in [-0.4, -0.2) is 46.0 Å². The molecule has 0 saturated heterocycles. The fourth-order valence-corrected chi connectivity index (χ4v) is 1.91. The van der Waals surface area contributed by atoms with Crippen molar-refractivity contribution in [2.75, 3.05) is 35.8 Å². The number of carbonyl (C=O) groups is 1. The molecule has 0 spiro atoms. The van der Waals surface area contributed by atoms with Crippen LogP contribution in [0.15, 0.2) is 4.79 Å². The van der Waals surface area contributed by atoms with Crippen molar-refractivity contribution in [3.63, 3.8) is 0 Å². The molecule has 2 rings (SSSR count). The van der Waals surface area contributed by atoms with E-state index in [9.17, 15) is 9.59 Å². The van der Waals surface area contributed by atoms with Gasteiger partial charge in [-0.1, -0.05) is 0 Å². The number of aliphatic carboxylic acids is 1. The van der Waals surface area contributed by atoms with E-state index < -0.39 is 18.5 Å². The molecule has 0 saturated carbocycles. The van der Waals surface area contributed by atoms with E-state index in [1.54, 1.807) is 4.90 Å². The number of rotatable bonds is 5. The lowest BCUT2D eigenvalue weighted by Crippen LogP contribution is -2.29. The van der Waals surface area contributed by atoms with Gasteiger partial charge in [0.25, 0.3) is 5.56 Å². The number of hydrogen-bond donors (Lipinski definition) is 5. The molecule has 0 amide bonds. The average molecular weight is 269 g/mol. The van der Waals surface area contributed by atoms with Crippen LogP contribution in [0.25, 0.3) is 0 Å². The third kappa shape index (κ3) is 2.60. The highest BCUT2D eigenvalue weighted by molar-refractivity contribution is 5.72. The summed E-state index contributed by atoms with van der Waals surface area (Å²) in [4.78, 5) is 30.5. The molecule has 1 aliphatic rings. The van der Waals surface area contributed by atoms with E-state index in [4.69, 9.17) is 15.9 Å². The average Bonchev–Trinajstić information content (AvgIpc) is 2.73. The normalized spacial score (nSPS) is 14.9. The lowest BCUT2D eigenvalue weighted by atomic mass is 10.1. The van der Waals surface area contributed by atoms with Gasteiger partial charge in [0.2, 0.25) is 5.95 Å². The highest BCUT2D eigenvalue weighted by atomic mass is 16.4. The number of fused-ring (bicyclic) bond motifs is 1. The van der Waals surface area contributed by atoms with Crippen molar-refractivity contribution in [3.05, 3.63) is 10.4 Å². The molecule has 104 valence electrons. The summed E-state index contributed by atoms with van der Waals surface area (Å²) in [5, 5.41) is 20.7. The zero-order valence-corrected chi connectivity index (χ0v) is 10.1. The van der Waals surface area contributed by atoms with Crippen LogP contribution in [0.1, 0.15) is 6.42 Å². The van der Waals surface area contributed by atoms with Crippen molar-refractivity contribution in [1.82, 2.24) is 9.97 Å². The molecular formula is C10H15N5O4. The van der Waals surface area contributed by atoms with Gasteiger partial charge in [0.15, 0.2) is 5.82 Å². The first-order valence-corrected chi connectivity index (χ1v) is 5.75. The Bertz CT molecular complexity index is 543. The Morgan fingerprint density at radius 2 is 2.32 bits per heavy atom. The molecule has 1 aliphatic heterocycles. The third-order valence-electron chi connectivity index (χ3n) is 2.98. The van der Waals surface area contributed by atoms with Gasteiger partial charge in [-0.25, -0.2) is 0 Å². The molecule has 0 aliphatic carbocycles. The van der Waals surface area contributed by atoms with Crippen molar-refractivity contribution in [2.24, 2.45) is 5.92 Å². The molecule has 0 fully saturated rings. The SMILES string of the molecule is Nc1nc2c(c(=O)[nH]1)NCN2CCC(CO)C(=O)O. The summed E-state index contributed by atoms with van der Waals surface area (Å²) in [6.07, 6.45) is 0.251. The second kappa shape index (κ2) is 5.14. The molecule has 0 radical (unpaired) electrons. The van der Waals surface area contributed by atoms with Gasteiger partial charge in [-0.2, -0.15) is 4.98 Å². The predicted octanol–water partition coefficient (Wildman–Crippen LogP) is -1.38. The van der Waals surface area contributed by atoms with Crippen LogP contribution in [-0.2, 0) is 4.79 Å². The Morgan fingerprint density at radius 3 is 2.95 bits per heavy atom. The number of nitrogen functional groups attached to an aromatic ring is 1. The molecule has 0 bridgehead atoms. The minimum Gasteiger partial charge on any atom is -0.481 e. The van der Waals surface area contributed by atoms with E-state index in [1.165, 1.54) is 0 Å². The van der Waals surface area contributed by atoms with Crippen molar-refractivity contribution < 1.29 is 15.0 Å². The maximum absolute atomic E-state index is 11.6. The molecule has 1 aromatic rings. The van der Waals surface area contributed by atoms with Gasteiger partial charge < -0.3 is 26.2 Å². The third-order valence-corrected chi connectivity index (χ3v) is 2.98. The highest BCUT2D eigenvalue weighted by Crippen LogP contribution is 2.25. The van der Waals surface area contributed by atoms with Gasteiger partial charge in [-0.05, 0) is 6.42 Å². The summed E-state index contributed by atoms with van der Waals surface area (Å²) in [5.74, 6) is -1.46. The molecule has 9 heteroatoms. The predicted molar refractivity (Wildman–Crippen MR) is 67.9 cm³/mol. The summed E-state index contributed by atoms with van der Waals surface area (Å²) in [6.45, 7) is 0.286. The topological polar surface area (TPSA) is 145 Å². The van der Waals surface area contributed by atoms with Crippen LogP contribution in [0.4, 0.5) is 17.5 Å². The lowest BCUT2D eigenvalue weighted by Gasteiger charge is -2.18. The van der Waals surface area contributed by atoms with E-state index in [2.05, 4.69) is 15.3 Å². The maximum atomic E-state index is 11.6. The van der Waals surface area contributed by atoms with Crippen molar-refractivity contribution >= 4 is 23.4 Å². The Kier molecular flexibility index (Phi) is 3.56. The van der Waals surface area contributed by atoms with Crippen LogP contribution in [0.2, 0.25) is 0 Å². The molecule has 19 heavy (non-hydrogen) atoms. The maximum Gasteiger partial charge on any atom is 0.308 e. The van der Waals surface area contributed by atoms with Gasteiger partial charge >= 0.3 is 5.97 Å². The van der Waals surface area contributed by atoms with E-state index >= 15 is 0 Å². The van der Waals surface area contributed by atoms with Crippen molar-refractivity contribution in [2.45, 2.75) is 6.42 Å². The van der Waals surface area contributed by atoms with Gasteiger partial charge in [0, 0.05) is 6.54 Å². The number of H-pyrrole nitrogens is 1. The minimum absolute atomic E-state index is 0.00870. The van der Waals surface area contributed by atoms with Crippen LogP contribution in [0.3, 0.4) is 0 Å². The summed E-state index contributed by atoms with van der Waals surface area (Å²) in [6, 6.07) is 0. The Morgan fingerprint density at radius 1 is 1.58 bits per heavy atom. The van der Waals surface area contributed by atoms with Crippen LogP contribution in [0, 0.1) is 5.92 Å². The first-order valence-electron chi connectivity index (χ1n) is 5.75. The van der Waals surface area contributed by atoms with E-state index in [-0.39, 0.29) is 17.9 Å². The fraction of sp³-hybridized carbons (Fsp3) is 0.500. The zero-order chi connectivity index (χ0) is 14.0. The van der Waals surface area contributed by atoms with Crippen molar-refractivity contribution in [1.29, 1.82) is 0 Å². The summed E-state index contributed by atoms with van der Waals surface area (Å²) in [5.41, 5.74) is 5.43. The van der Waals surface area contributed by atoms with Gasteiger partial charge in [-0.3, -0.25) is 14.6 Å². The fourth-order valence-electron chi connectivity index (χ4n) is 1.91. The summed E-state index contributed by atoms with van der Waals surface area (Å²) < 4.78 is 0. The number of hydrogen-bond acceptors (Lipinski definition) is 7. The Labute approximate surface area is 108 Å². The number of nitrogens with zero attached hydrogens (tertiary/aromatic N) is 2. The molecule has 1 aromatic heterocycles. The van der Waals surface area contributed by atoms with Gasteiger partial charge in [0.1, 0.15) is 5.69 Å². The number of aromatic amines is 1. The monoisotopic (exact) mass is 269 g/mol. The van der Waals surface area contributed by atoms with Gasteiger partial charge in [0.05, 0.1) is 19.2 Å². The van der Waals surface area contributed by atoms with Crippen LogP contribution >= 0.6 is 0 Å². The first kappa shape index (κ1) is 13.1. The number of carboxylic acids is 1. The molecule has 9 nitrogen and oxygen atoms in total. The molecule has 1 unspecified atom stereocenters. The molecule has 2 heterocycles. The van der Waals surface area contributed by atoms with E-state index in [0.29, 0.717) is 24.7 Å².